The highest BCUT2D eigenvalue weighted by Crippen LogP contribution is 2.23. The molecule has 0 radical (unpaired) electrons. The van der Waals surface area contributed by atoms with Crippen molar-refractivity contribution in [3.05, 3.63) is 0 Å². The molecule has 0 aromatic carbocycles. The zero-order valence-corrected chi connectivity index (χ0v) is 19.1. The topological polar surface area (TPSA) is 56.7 Å². The number of aliphatic imine (C=N–C) groups is 1. The van der Waals surface area contributed by atoms with Crippen molar-refractivity contribution < 1.29 is 4.79 Å². The number of halogens is 1. The van der Waals surface area contributed by atoms with Crippen molar-refractivity contribution in [3.63, 3.8) is 0 Å². The maximum absolute atomic E-state index is 11.6. The van der Waals surface area contributed by atoms with E-state index in [1.54, 1.807) is 7.05 Å². The lowest BCUT2D eigenvalue weighted by Gasteiger charge is -2.34. The SMILES string of the molecule is CCNC(=NCC1CCCCCCC1)N1CCC(CC(=O)NC)CC1.I. The van der Waals surface area contributed by atoms with E-state index < -0.39 is 0 Å². The van der Waals surface area contributed by atoms with Crippen LogP contribution in [-0.2, 0) is 4.79 Å². The quantitative estimate of drug-likeness (QED) is 0.359. The first-order chi connectivity index (χ1) is 12.2. The van der Waals surface area contributed by atoms with Crippen LogP contribution in [0.25, 0.3) is 0 Å². The lowest BCUT2D eigenvalue weighted by atomic mass is 9.91. The van der Waals surface area contributed by atoms with Gasteiger partial charge in [0.2, 0.25) is 5.91 Å². The van der Waals surface area contributed by atoms with Gasteiger partial charge in [-0.2, -0.15) is 0 Å². The fraction of sp³-hybridized carbons (Fsp3) is 0.900. The van der Waals surface area contributed by atoms with Crippen molar-refractivity contribution in [3.8, 4) is 0 Å². The molecule has 1 amide bonds. The number of guanidine groups is 1. The summed E-state index contributed by atoms with van der Waals surface area (Å²) < 4.78 is 0. The van der Waals surface area contributed by atoms with Gasteiger partial charge in [-0.1, -0.05) is 32.1 Å². The molecule has 2 N–H and O–H groups in total. The first kappa shape index (κ1) is 23.5. The predicted octanol–water partition coefficient (Wildman–Crippen LogP) is 3.78. The summed E-state index contributed by atoms with van der Waals surface area (Å²) in [6.45, 7) is 6.06. The standard InChI is InChI=1S/C20H38N4O.HI/c1-3-22-20(23-16-18-9-7-5-4-6-8-10-18)24-13-11-17(12-14-24)15-19(25)21-2;/h17-18H,3-16H2,1-2H3,(H,21,25)(H,22,23);1H. The molecule has 6 heteroatoms. The van der Waals surface area contributed by atoms with E-state index in [1.807, 2.05) is 0 Å². The van der Waals surface area contributed by atoms with Crippen LogP contribution >= 0.6 is 24.0 Å². The number of piperidine rings is 1. The van der Waals surface area contributed by atoms with Gasteiger partial charge in [-0.3, -0.25) is 9.79 Å². The Bertz CT molecular complexity index is 414. The summed E-state index contributed by atoms with van der Waals surface area (Å²) in [5.74, 6) is 2.54. The van der Waals surface area contributed by atoms with Gasteiger partial charge in [0, 0.05) is 39.6 Å². The van der Waals surface area contributed by atoms with Crippen molar-refractivity contribution in [2.24, 2.45) is 16.8 Å². The number of hydrogen-bond donors (Lipinski definition) is 2. The molecule has 0 aromatic rings. The smallest absolute Gasteiger partial charge is 0.220 e. The number of rotatable bonds is 5. The number of nitrogens with zero attached hydrogens (tertiary/aromatic N) is 2. The van der Waals surface area contributed by atoms with E-state index in [9.17, 15) is 4.79 Å². The summed E-state index contributed by atoms with van der Waals surface area (Å²) in [6.07, 6.45) is 12.5. The van der Waals surface area contributed by atoms with Crippen LogP contribution in [0.1, 0.15) is 71.1 Å². The largest absolute Gasteiger partial charge is 0.359 e. The summed E-state index contributed by atoms with van der Waals surface area (Å²) in [5, 5.41) is 6.23. The normalized spacial score (nSPS) is 20.7. The number of carbonyl (C=O) groups is 1. The maximum Gasteiger partial charge on any atom is 0.220 e. The van der Waals surface area contributed by atoms with E-state index >= 15 is 0 Å². The van der Waals surface area contributed by atoms with Gasteiger partial charge in [-0.25, -0.2) is 0 Å². The van der Waals surface area contributed by atoms with Crippen molar-refractivity contribution in [1.82, 2.24) is 15.5 Å². The van der Waals surface area contributed by atoms with E-state index in [2.05, 4.69) is 22.5 Å². The molecular weight excluding hydrogens is 439 g/mol. The Morgan fingerprint density at radius 2 is 1.62 bits per heavy atom. The van der Waals surface area contributed by atoms with Crippen LogP contribution in [0.5, 0.6) is 0 Å². The van der Waals surface area contributed by atoms with Crippen LogP contribution in [0.3, 0.4) is 0 Å². The molecular formula is C20H39IN4O. The molecule has 0 aromatic heterocycles. The van der Waals surface area contributed by atoms with Crippen LogP contribution in [0, 0.1) is 11.8 Å². The maximum atomic E-state index is 11.6. The second-order valence-electron chi connectivity index (χ2n) is 7.71. The molecule has 0 bridgehead atoms. The fourth-order valence-corrected chi connectivity index (χ4v) is 4.08. The van der Waals surface area contributed by atoms with Crippen molar-refractivity contribution in [2.75, 3.05) is 33.2 Å². The van der Waals surface area contributed by atoms with Crippen molar-refractivity contribution in [2.45, 2.75) is 71.1 Å². The van der Waals surface area contributed by atoms with Crippen LogP contribution in [0.15, 0.2) is 4.99 Å². The average Bonchev–Trinajstić information content (AvgIpc) is 2.60. The average molecular weight is 478 g/mol. The molecule has 0 unspecified atom stereocenters. The van der Waals surface area contributed by atoms with Gasteiger partial charge in [0.1, 0.15) is 0 Å². The number of likely N-dealkylation sites (tertiary alicyclic amines) is 1. The molecule has 0 atom stereocenters. The summed E-state index contributed by atoms with van der Waals surface area (Å²) in [5.41, 5.74) is 0. The lowest BCUT2D eigenvalue weighted by molar-refractivity contribution is -0.121. The van der Waals surface area contributed by atoms with E-state index in [-0.39, 0.29) is 29.9 Å². The van der Waals surface area contributed by atoms with Crippen LogP contribution in [0.2, 0.25) is 0 Å². The van der Waals surface area contributed by atoms with E-state index in [0.717, 1.165) is 50.9 Å². The van der Waals surface area contributed by atoms with Gasteiger partial charge in [0.25, 0.3) is 0 Å². The van der Waals surface area contributed by atoms with Crippen molar-refractivity contribution >= 4 is 35.8 Å². The van der Waals surface area contributed by atoms with E-state index in [1.165, 1.54) is 44.9 Å². The molecule has 1 saturated carbocycles. The van der Waals surface area contributed by atoms with Gasteiger partial charge in [0.15, 0.2) is 5.96 Å². The molecule has 26 heavy (non-hydrogen) atoms. The number of nitrogens with one attached hydrogen (secondary N) is 2. The number of carbonyl (C=O) groups excluding carboxylic acids is 1. The number of amides is 1. The second-order valence-corrected chi connectivity index (χ2v) is 7.71. The Morgan fingerprint density at radius 1 is 1.00 bits per heavy atom. The Balaban J connectivity index is 0.00000338. The summed E-state index contributed by atoms with van der Waals surface area (Å²) in [6, 6.07) is 0. The monoisotopic (exact) mass is 478 g/mol. The molecule has 2 rings (SSSR count). The number of hydrogen-bond acceptors (Lipinski definition) is 2. The minimum absolute atomic E-state index is 0. The predicted molar refractivity (Wildman–Crippen MR) is 120 cm³/mol. The molecule has 0 spiro atoms. The first-order valence-corrected chi connectivity index (χ1v) is 10.5. The van der Waals surface area contributed by atoms with Gasteiger partial charge < -0.3 is 15.5 Å². The Hall–Kier alpha value is -0.530. The molecule has 5 nitrogen and oxygen atoms in total. The molecule has 152 valence electrons. The molecule has 1 heterocycles. The first-order valence-electron chi connectivity index (χ1n) is 10.5. The Labute approximate surface area is 177 Å². The second kappa shape index (κ2) is 13.6. The van der Waals surface area contributed by atoms with Crippen LogP contribution in [-0.4, -0.2) is 50.0 Å². The van der Waals surface area contributed by atoms with Gasteiger partial charge in [-0.15, -0.1) is 24.0 Å². The third-order valence-electron chi connectivity index (χ3n) is 5.73. The molecule has 2 aliphatic rings. The zero-order chi connectivity index (χ0) is 17.9. The minimum Gasteiger partial charge on any atom is -0.359 e. The van der Waals surface area contributed by atoms with Gasteiger partial charge in [-0.05, 0) is 44.4 Å². The summed E-state index contributed by atoms with van der Waals surface area (Å²) in [4.78, 5) is 19.0. The molecule has 1 aliphatic carbocycles. The Morgan fingerprint density at radius 3 is 2.19 bits per heavy atom. The minimum atomic E-state index is 0. The van der Waals surface area contributed by atoms with Crippen molar-refractivity contribution in [1.29, 1.82) is 0 Å². The van der Waals surface area contributed by atoms with Gasteiger partial charge in [0.05, 0.1) is 0 Å². The Kier molecular flexibility index (Phi) is 12.3. The van der Waals surface area contributed by atoms with E-state index in [4.69, 9.17) is 4.99 Å². The van der Waals surface area contributed by atoms with Crippen LogP contribution < -0.4 is 10.6 Å². The fourth-order valence-electron chi connectivity index (χ4n) is 4.08. The van der Waals surface area contributed by atoms with E-state index in [0.29, 0.717) is 12.3 Å². The molecule has 2 fully saturated rings. The zero-order valence-electron chi connectivity index (χ0n) is 16.8. The van der Waals surface area contributed by atoms with Crippen LogP contribution in [0.4, 0.5) is 0 Å². The summed E-state index contributed by atoms with van der Waals surface area (Å²) in [7, 11) is 1.73. The third-order valence-corrected chi connectivity index (χ3v) is 5.73. The molecule has 1 saturated heterocycles. The lowest BCUT2D eigenvalue weighted by Crippen LogP contribution is -2.46. The van der Waals surface area contributed by atoms with Gasteiger partial charge >= 0.3 is 0 Å². The highest BCUT2D eigenvalue weighted by molar-refractivity contribution is 14.0. The third kappa shape index (κ3) is 8.44. The molecule has 1 aliphatic heterocycles. The highest BCUT2D eigenvalue weighted by Gasteiger charge is 2.23. The summed E-state index contributed by atoms with van der Waals surface area (Å²) >= 11 is 0. The highest BCUT2D eigenvalue weighted by atomic mass is 127.